The summed E-state index contributed by atoms with van der Waals surface area (Å²) in [5, 5.41) is 12.9. The molecular weight excluding hydrogens is 375 g/mol. The molecule has 1 aromatic heterocycles. The number of hydrazone groups is 1. The van der Waals surface area contributed by atoms with Crippen molar-refractivity contribution in [3.63, 3.8) is 0 Å². The molecule has 136 valence electrons. The summed E-state index contributed by atoms with van der Waals surface area (Å²) in [4.78, 5) is 19.0. The fourth-order valence-corrected chi connectivity index (χ4v) is 2.10. The minimum Gasteiger partial charge on any atom is -0.508 e. The maximum atomic E-state index is 13.6. The van der Waals surface area contributed by atoms with Gasteiger partial charge in [0.15, 0.2) is 0 Å². The van der Waals surface area contributed by atoms with Gasteiger partial charge in [-0.05, 0) is 65.7 Å². The van der Waals surface area contributed by atoms with Gasteiger partial charge in [0.1, 0.15) is 11.5 Å². The minimum atomic E-state index is -0.734. The van der Waals surface area contributed by atoms with Crippen molar-refractivity contribution >= 4 is 23.7 Å². The van der Waals surface area contributed by atoms with E-state index in [1.807, 2.05) is 0 Å². The molecule has 0 fully saturated rings. The summed E-state index contributed by atoms with van der Waals surface area (Å²) in [6.45, 7) is 0. The Bertz CT molecular complexity index is 979. The highest BCUT2D eigenvalue weighted by Gasteiger charge is 2.08. The number of phenols is 1. The molecule has 0 radical (unpaired) electrons. The van der Waals surface area contributed by atoms with E-state index in [9.17, 15) is 14.3 Å². The third-order valence-corrected chi connectivity index (χ3v) is 3.47. The topological polar surface area (TPSA) is 96.7 Å². The zero-order valence-corrected chi connectivity index (χ0v) is 14.4. The Hall–Kier alpha value is -3.52. The third-order valence-electron chi connectivity index (χ3n) is 3.29. The number of carbonyl (C=O) groups excluding carboxylic acids is 1. The molecule has 0 saturated carbocycles. The molecule has 0 aliphatic heterocycles. The maximum absolute atomic E-state index is 13.6. The van der Waals surface area contributed by atoms with Crippen molar-refractivity contribution in [3.8, 4) is 17.4 Å². The van der Waals surface area contributed by atoms with Crippen molar-refractivity contribution in [2.75, 3.05) is 0 Å². The van der Waals surface area contributed by atoms with Crippen molar-refractivity contribution < 1.29 is 19.0 Å². The van der Waals surface area contributed by atoms with E-state index in [4.69, 9.17) is 16.3 Å². The van der Waals surface area contributed by atoms with E-state index in [0.717, 1.165) is 6.20 Å². The highest BCUT2D eigenvalue weighted by molar-refractivity contribution is 6.28. The number of phenolic OH excluding ortho intramolecular Hbond substituents is 1. The molecule has 0 aliphatic rings. The summed E-state index contributed by atoms with van der Waals surface area (Å²) in [5.41, 5.74) is 3.41. The van der Waals surface area contributed by atoms with Crippen molar-refractivity contribution in [3.05, 3.63) is 77.0 Å². The number of nitrogens with zero attached hydrogens (tertiary/aromatic N) is 3. The zero-order chi connectivity index (χ0) is 19.2. The van der Waals surface area contributed by atoms with Gasteiger partial charge in [-0.1, -0.05) is 0 Å². The molecule has 0 atom stereocenters. The number of aromatic nitrogens is 2. The third kappa shape index (κ3) is 4.99. The zero-order valence-electron chi connectivity index (χ0n) is 13.6. The van der Waals surface area contributed by atoms with Crippen molar-refractivity contribution in [2.45, 2.75) is 0 Å². The Balaban J connectivity index is 1.60. The Morgan fingerprint density at radius 1 is 1.19 bits per heavy atom. The van der Waals surface area contributed by atoms with E-state index >= 15 is 0 Å². The van der Waals surface area contributed by atoms with Crippen LogP contribution in [0.25, 0.3) is 0 Å². The Morgan fingerprint density at radius 2 is 1.89 bits per heavy atom. The molecule has 2 N–H and O–H groups in total. The van der Waals surface area contributed by atoms with Gasteiger partial charge in [-0.15, -0.1) is 0 Å². The smallest absolute Gasteiger partial charge is 0.271 e. The van der Waals surface area contributed by atoms with Crippen LogP contribution in [0.15, 0.2) is 59.8 Å². The Labute approximate surface area is 158 Å². The van der Waals surface area contributed by atoms with Gasteiger partial charge in [0, 0.05) is 5.56 Å². The first-order valence-electron chi connectivity index (χ1n) is 7.59. The van der Waals surface area contributed by atoms with E-state index in [1.54, 1.807) is 24.3 Å². The van der Waals surface area contributed by atoms with Crippen LogP contribution in [0.3, 0.4) is 0 Å². The molecular formula is C18H12ClFN4O3. The number of nitrogens with one attached hydrogen (secondary N) is 1. The van der Waals surface area contributed by atoms with Crippen LogP contribution >= 0.6 is 11.6 Å². The lowest BCUT2D eigenvalue weighted by molar-refractivity contribution is 0.0955. The van der Waals surface area contributed by atoms with Crippen LogP contribution in [-0.4, -0.2) is 27.2 Å². The molecule has 1 heterocycles. The molecule has 1 amide bonds. The predicted octanol–water partition coefficient (Wildman–Crippen LogP) is 3.53. The van der Waals surface area contributed by atoms with Gasteiger partial charge in [-0.2, -0.15) is 14.5 Å². The van der Waals surface area contributed by atoms with Crippen molar-refractivity contribution in [1.82, 2.24) is 15.4 Å². The van der Waals surface area contributed by atoms with Gasteiger partial charge in [0.05, 0.1) is 12.4 Å². The second-order valence-electron chi connectivity index (χ2n) is 5.21. The van der Waals surface area contributed by atoms with Gasteiger partial charge in [0.2, 0.25) is 11.1 Å². The summed E-state index contributed by atoms with van der Waals surface area (Å²) in [7, 11) is 0. The molecule has 3 rings (SSSR count). The lowest BCUT2D eigenvalue weighted by Gasteiger charge is -2.05. The second-order valence-corrected chi connectivity index (χ2v) is 5.55. The first kappa shape index (κ1) is 18.3. The number of aromatic hydroxyl groups is 1. The summed E-state index contributed by atoms with van der Waals surface area (Å²) >= 11 is 5.61. The Kier molecular flexibility index (Phi) is 5.58. The number of amides is 1. The van der Waals surface area contributed by atoms with Crippen LogP contribution in [0.1, 0.15) is 15.9 Å². The molecule has 0 saturated heterocycles. The number of rotatable bonds is 5. The van der Waals surface area contributed by atoms with E-state index in [0.29, 0.717) is 16.9 Å². The van der Waals surface area contributed by atoms with Gasteiger partial charge in [0.25, 0.3) is 11.8 Å². The normalized spacial score (nSPS) is 10.7. The van der Waals surface area contributed by atoms with E-state index < -0.39 is 11.7 Å². The SMILES string of the molecule is O=C(N/N=C/c1ccc(Oc2nc(Cl)ncc2F)cc1)c1ccc(O)cc1. The van der Waals surface area contributed by atoms with Crippen LogP contribution in [0.4, 0.5) is 4.39 Å². The summed E-state index contributed by atoms with van der Waals surface area (Å²) in [6, 6.07) is 12.3. The fourth-order valence-electron chi connectivity index (χ4n) is 1.98. The summed E-state index contributed by atoms with van der Waals surface area (Å²) in [6.07, 6.45) is 2.35. The largest absolute Gasteiger partial charge is 0.508 e. The first-order valence-corrected chi connectivity index (χ1v) is 7.97. The first-order chi connectivity index (χ1) is 13.0. The summed E-state index contributed by atoms with van der Waals surface area (Å²) < 4.78 is 18.9. The lowest BCUT2D eigenvalue weighted by Crippen LogP contribution is -2.17. The number of ether oxygens (including phenoxy) is 1. The number of halogens is 2. The average molecular weight is 387 g/mol. The van der Waals surface area contributed by atoms with Crippen LogP contribution in [-0.2, 0) is 0 Å². The number of hydrogen-bond donors (Lipinski definition) is 2. The van der Waals surface area contributed by atoms with Gasteiger partial charge in [-0.3, -0.25) is 4.79 Å². The van der Waals surface area contributed by atoms with Crippen molar-refractivity contribution in [2.24, 2.45) is 5.10 Å². The highest BCUT2D eigenvalue weighted by atomic mass is 35.5. The molecule has 3 aromatic rings. The fraction of sp³-hybridized carbons (Fsp3) is 0. The molecule has 0 spiro atoms. The lowest BCUT2D eigenvalue weighted by atomic mass is 10.2. The molecule has 0 bridgehead atoms. The van der Waals surface area contributed by atoms with Crippen molar-refractivity contribution in [1.29, 1.82) is 0 Å². The highest BCUT2D eigenvalue weighted by Crippen LogP contribution is 2.22. The molecule has 9 heteroatoms. The monoisotopic (exact) mass is 386 g/mol. The average Bonchev–Trinajstić information content (AvgIpc) is 2.66. The molecule has 7 nitrogen and oxygen atoms in total. The molecule has 2 aromatic carbocycles. The van der Waals surface area contributed by atoms with E-state index in [2.05, 4.69) is 20.5 Å². The molecule has 27 heavy (non-hydrogen) atoms. The number of benzene rings is 2. The van der Waals surface area contributed by atoms with E-state index in [-0.39, 0.29) is 16.9 Å². The molecule has 0 unspecified atom stereocenters. The predicted molar refractivity (Wildman–Crippen MR) is 96.7 cm³/mol. The summed E-state index contributed by atoms with van der Waals surface area (Å²) in [5.74, 6) is -1.02. The van der Waals surface area contributed by atoms with E-state index in [1.165, 1.54) is 30.5 Å². The quantitative estimate of drug-likeness (QED) is 0.397. The number of hydrogen-bond acceptors (Lipinski definition) is 6. The molecule has 0 aliphatic carbocycles. The standard InChI is InChI=1S/C18H12ClFN4O3/c19-18-21-10-15(20)17(23-18)27-14-7-1-11(2-8-14)9-22-24-16(26)12-3-5-13(25)6-4-12/h1-10,25H,(H,24,26)/b22-9+. The maximum Gasteiger partial charge on any atom is 0.271 e. The van der Waals surface area contributed by atoms with Crippen LogP contribution in [0, 0.1) is 5.82 Å². The minimum absolute atomic E-state index is 0.0708. The Morgan fingerprint density at radius 3 is 2.59 bits per heavy atom. The van der Waals surface area contributed by atoms with Crippen LogP contribution in [0.5, 0.6) is 17.4 Å². The second kappa shape index (κ2) is 8.24. The van der Waals surface area contributed by atoms with Crippen LogP contribution in [0.2, 0.25) is 5.28 Å². The van der Waals surface area contributed by atoms with Gasteiger partial charge >= 0.3 is 0 Å². The van der Waals surface area contributed by atoms with Gasteiger partial charge < -0.3 is 9.84 Å². The number of carbonyl (C=O) groups is 1. The van der Waals surface area contributed by atoms with Gasteiger partial charge in [-0.25, -0.2) is 10.4 Å². The van der Waals surface area contributed by atoms with Crippen LogP contribution < -0.4 is 10.2 Å².